The number of hydrogen-bond acceptors (Lipinski definition) is 7. The molecule has 2 unspecified atom stereocenters. The van der Waals surface area contributed by atoms with E-state index < -0.39 is 11.8 Å². The first-order valence-electron chi connectivity index (χ1n) is 14.4. The summed E-state index contributed by atoms with van der Waals surface area (Å²) in [6.07, 6.45) is 2.21. The second-order valence-corrected chi connectivity index (χ2v) is 11.6. The maximum atomic E-state index is 14.0. The molecule has 1 amide bonds. The first kappa shape index (κ1) is 29.9. The van der Waals surface area contributed by atoms with E-state index in [0.29, 0.717) is 46.4 Å². The van der Waals surface area contributed by atoms with E-state index in [4.69, 9.17) is 4.74 Å². The van der Waals surface area contributed by atoms with Gasteiger partial charge in [0.1, 0.15) is 37.0 Å². The van der Waals surface area contributed by atoms with Gasteiger partial charge in [-0.3, -0.25) is 9.59 Å². The molecule has 1 fully saturated rings. The van der Waals surface area contributed by atoms with Crippen LogP contribution in [0.1, 0.15) is 50.2 Å². The van der Waals surface area contributed by atoms with Gasteiger partial charge in [-0.2, -0.15) is 10.4 Å². The van der Waals surface area contributed by atoms with Crippen molar-refractivity contribution in [2.75, 3.05) is 19.7 Å². The number of carbonyl (C=O) groups excluding carboxylic acids is 1. The normalized spacial score (nSPS) is 16.3. The Morgan fingerprint density at radius 2 is 2.12 bits per heavy atom. The highest BCUT2D eigenvalue weighted by molar-refractivity contribution is 5.85. The predicted octanol–water partition coefficient (Wildman–Crippen LogP) is 4.04. The molecule has 4 aromatic rings. The fraction of sp³-hybridized carbons (Fsp3) is 0.406. The Balaban J connectivity index is 1.43. The van der Waals surface area contributed by atoms with Crippen LogP contribution in [0.15, 0.2) is 53.8 Å². The molecule has 10 nitrogen and oxygen atoms in total. The summed E-state index contributed by atoms with van der Waals surface area (Å²) >= 11 is 0. The number of nitrogens with zero attached hydrogens (tertiary/aromatic N) is 5. The van der Waals surface area contributed by atoms with Crippen molar-refractivity contribution >= 4 is 27.7 Å². The Kier molecular flexibility index (Phi) is 8.59. The Bertz CT molecular complexity index is 1770. The molecular weight excluding hydrogens is 551 g/mol. The van der Waals surface area contributed by atoms with Crippen LogP contribution in [0.4, 0.5) is 4.39 Å². The standard InChI is InChI=1S/C32H35FN6O4/c1-4-8-22(33)19-43-28-14-27-26(13-20(28)16-34)35-29(36-27)15-25-23-10-5-6-11-24(23)31(41)39(37-25)18-30(40)38-12-7-9-21(17-38)32(2,3)42/h4-6,10-11,13-14,21-22,42H,1,7-9,12,15,17-19H2,2-3H3,(H,35,36). The molecule has 2 aromatic carbocycles. The van der Waals surface area contributed by atoms with Crippen molar-refractivity contribution in [1.82, 2.24) is 24.6 Å². The number of benzene rings is 2. The number of alkyl halides is 1. The number of rotatable bonds is 10. The van der Waals surface area contributed by atoms with Crippen molar-refractivity contribution in [1.29, 1.82) is 5.26 Å². The third-order valence-corrected chi connectivity index (χ3v) is 7.93. The number of allylic oxidation sites excluding steroid dienone is 1. The van der Waals surface area contributed by atoms with Crippen LogP contribution >= 0.6 is 0 Å². The van der Waals surface area contributed by atoms with E-state index in [9.17, 15) is 24.3 Å². The van der Waals surface area contributed by atoms with E-state index in [1.807, 2.05) is 12.1 Å². The second kappa shape index (κ2) is 12.4. The number of H-pyrrole nitrogens is 1. The van der Waals surface area contributed by atoms with E-state index in [-0.39, 0.29) is 54.7 Å². The molecule has 2 N–H and O–H groups in total. The van der Waals surface area contributed by atoms with Gasteiger partial charge < -0.3 is 19.7 Å². The highest BCUT2D eigenvalue weighted by Gasteiger charge is 2.33. The minimum atomic E-state index is -1.24. The van der Waals surface area contributed by atoms with Crippen LogP contribution in [0, 0.1) is 17.2 Å². The first-order valence-corrected chi connectivity index (χ1v) is 14.4. The summed E-state index contributed by atoms with van der Waals surface area (Å²) in [4.78, 5) is 36.2. The number of amides is 1. The van der Waals surface area contributed by atoms with Crippen LogP contribution < -0.4 is 10.3 Å². The molecule has 2 aromatic heterocycles. The summed E-state index contributed by atoms with van der Waals surface area (Å²) in [5.74, 6) is 0.492. The summed E-state index contributed by atoms with van der Waals surface area (Å²) in [6.45, 7) is 7.59. The van der Waals surface area contributed by atoms with Crippen LogP contribution in [-0.2, 0) is 17.8 Å². The zero-order valence-corrected chi connectivity index (χ0v) is 24.3. The summed E-state index contributed by atoms with van der Waals surface area (Å²) in [6, 6.07) is 12.4. The summed E-state index contributed by atoms with van der Waals surface area (Å²) in [7, 11) is 0. The van der Waals surface area contributed by atoms with Crippen LogP contribution in [0.2, 0.25) is 0 Å². The largest absolute Gasteiger partial charge is 0.489 e. The molecule has 0 bridgehead atoms. The van der Waals surface area contributed by atoms with Gasteiger partial charge in [0, 0.05) is 30.5 Å². The smallest absolute Gasteiger partial charge is 0.275 e. The lowest BCUT2D eigenvalue weighted by atomic mass is 9.84. The summed E-state index contributed by atoms with van der Waals surface area (Å²) in [5.41, 5.74) is 0.657. The first-order chi connectivity index (χ1) is 20.6. The van der Waals surface area contributed by atoms with Gasteiger partial charge in [0.05, 0.1) is 39.7 Å². The zero-order valence-electron chi connectivity index (χ0n) is 24.3. The van der Waals surface area contributed by atoms with E-state index in [2.05, 4.69) is 27.7 Å². The van der Waals surface area contributed by atoms with Crippen molar-refractivity contribution in [3.63, 3.8) is 0 Å². The number of nitriles is 1. The number of halogens is 1. The quantitative estimate of drug-likeness (QED) is 0.268. The number of aliphatic hydroxyl groups is 1. The van der Waals surface area contributed by atoms with Crippen molar-refractivity contribution in [2.24, 2.45) is 5.92 Å². The number of nitrogens with one attached hydrogen (secondary N) is 1. The maximum Gasteiger partial charge on any atom is 0.275 e. The number of aromatic nitrogens is 4. The number of ether oxygens (including phenoxy) is 1. The van der Waals surface area contributed by atoms with Crippen molar-refractivity contribution in [3.05, 3.63) is 76.5 Å². The topological polar surface area (TPSA) is 137 Å². The number of likely N-dealkylation sites (tertiary alicyclic amines) is 1. The minimum Gasteiger partial charge on any atom is -0.489 e. The van der Waals surface area contributed by atoms with E-state index in [1.165, 1.54) is 10.8 Å². The van der Waals surface area contributed by atoms with Crippen molar-refractivity contribution in [3.8, 4) is 11.8 Å². The number of carbonyl (C=O) groups is 1. The number of imidazole rings is 1. The van der Waals surface area contributed by atoms with Crippen LogP contribution in [0.25, 0.3) is 21.8 Å². The predicted molar refractivity (Wildman–Crippen MR) is 160 cm³/mol. The molecule has 224 valence electrons. The fourth-order valence-electron chi connectivity index (χ4n) is 5.52. The number of fused-ring (bicyclic) bond motifs is 2. The average molecular weight is 587 g/mol. The molecule has 0 spiro atoms. The summed E-state index contributed by atoms with van der Waals surface area (Å²) in [5, 5.41) is 25.8. The van der Waals surface area contributed by atoms with Gasteiger partial charge in [0.2, 0.25) is 5.91 Å². The number of hydrogen-bond donors (Lipinski definition) is 2. The molecule has 11 heteroatoms. The van der Waals surface area contributed by atoms with Crippen LogP contribution in [-0.4, -0.2) is 67.1 Å². The lowest BCUT2D eigenvalue weighted by Crippen LogP contribution is -2.48. The number of piperidine rings is 1. The molecule has 5 rings (SSSR count). The van der Waals surface area contributed by atoms with Crippen LogP contribution in [0.3, 0.4) is 0 Å². The Morgan fingerprint density at radius 3 is 2.84 bits per heavy atom. The zero-order chi connectivity index (χ0) is 30.7. The fourth-order valence-corrected chi connectivity index (χ4v) is 5.52. The molecule has 1 aliphatic heterocycles. The molecule has 3 heterocycles. The van der Waals surface area contributed by atoms with Gasteiger partial charge in [0.15, 0.2) is 0 Å². The lowest BCUT2D eigenvalue weighted by molar-refractivity contribution is -0.136. The maximum absolute atomic E-state index is 14.0. The van der Waals surface area contributed by atoms with Crippen molar-refractivity contribution < 1.29 is 19.0 Å². The average Bonchev–Trinajstić information content (AvgIpc) is 3.38. The molecule has 0 saturated carbocycles. The van der Waals surface area contributed by atoms with Gasteiger partial charge in [-0.1, -0.05) is 24.3 Å². The van der Waals surface area contributed by atoms with Gasteiger partial charge in [-0.05, 0) is 45.2 Å². The molecule has 1 saturated heterocycles. The number of aromatic amines is 1. The molecular formula is C32H35FN6O4. The van der Waals surface area contributed by atoms with Gasteiger partial charge in [-0.15, -0.1) is 6.58 Å². The Labute approximate surface area is 248 Å². The molecule has 2 atom stereocenters. The molecule has 43 heavy (non-hydrogen) atoms. The third kappa shape index (κ3) is 6.60. The molecule has 1 aliphatic rings. The van der Waals surface area contributed by atoms with Gasteiger partial charge in [-0.25, -0.2) is 14.1 Å². The van der Waals surface area contributed by atoms with E-state index in [0.717, 1.165) is 12.8 Å². The third-order valence-electron chi connectivity index (χ3n) is 7.93. The Morgan fingerprint density at radius 1 is 1.35 bits per heavy atom. The SMILES string of the molecule is C=CCC(F)COc1cc2nc(Cc3nn(CC(=O)N4CCCC(C(C)(C)O)C4)c(=O)c4ccccc34)[nH]c2cc1C#N. The minimum absolute atomic E-state index is 0.0480. The monoisotopic (exact) mass is 586 g/mol. The summed E-state index contributed by atoms with van der Waals surface area (Å²) < 4.78 is 20.7. The highest BCUT2D eigenvalue weighted by atomic mass is 19.1. The van der Waals surface area contributed by atoms with Gasteiger partial charge in [0.25, 0.3) is 5.56 Å². The van der Waals surface area contributed by atoms with E-state index >= 15 is 0 Å². The second-order valence-electron chi connectivity index (χ2n) is 11.6. The molecule has 0 aliphatic carbocycles. The van der Waals surface area contributed by atoms with Gasteiger partial charge >= 0.3 is 0 Å². The highest BCUT2D eigenvalue weighted by Crippen LogP contribution is 2.28. The Hall–Kier alpha value is -4.56. The lowest BCUT2D eigenvalue weighted by Gasteiger charge is -2.38. The van der Waals surface area contributed by atoms with Crippen molar-refractivity contribution in [2.45, 2.75) is 57.8 Å². The van der Waals surface area contributed by atoms with E-state index in [1.54, 1.807) is 43.0 Å². The van der Waals surface area contributed by atoms with Crippen LogP contribution in [0.5, 0.6) is 5.75 Å². The molecule has 0 radical (unpaired) electrons.